The lowest BCUT2D eigenvalue weighted by Gasteiger charge is -2.23. The van der Waals surface area contributed by atoms with Crippen LogP contribution in [0.2, 0.25) is 0 Å². The first-order valence-corrected chi connectivity index (χ1v) is 9.36. The van der Waals surface area contributed by atoms with E-state index in [9.17, 15) is 22.4 Å². The maximum atomic E-state index is 13.9. The van der Waals surface area contributed by atoms with E-state index in [0.29, 0.717) is 32.0 Å². The zero-order valence-electron chi connectivity index (χ0n) is 16.9. The number of ether oxygens (including phenoxy) is 1. The molecule has 6 nitrogen and oxygen atoms in total. The third kappa shape index (κ3) is 6.23. The van der Waals surface area contributed by atoms with Crippen LogP contribution in [0.5, 0.6) is 0 Å². The summed E-state index contributed by atoms with van der Waals surface area (Å²) in [7, 11) is 0. The molecule has 0 saturated carbocycles. The summed E-state index contributed by atoms with van der Waals surface area (Å²) >= 11 is 0. The lowest BCUT2D eigenvalue weighted by molar-refractivity contribution is 0.0507. The van der Waals surface area contributed by atoms with Crippen molar-refractivity contribution < 1.29 is 27.1 Å². The summed E-state index contributed by atoms with van der Waals surface area (Å²) in [4.78, 5) is 17.8. The quantitative estimate of drug-likeness (QED) is 0.341. The number of hydrogen-bond donors (Lipinski definition) is 2. The van der Waals surface area contributed by atoms with E-state index in [-0.39, 0.29) is 12.1 Å². The molecular weight excluding hydrogens is 392 g/mol. The van der Waals surface area contributed by atoms with Crippen molar-refractivity contribution in [2.75, 3.05) is 19.6 Å². The van der Waals surface area contributed by atoms with E-state index in [4.69, 9.17) is 4.74 Å². The molecular formula is C19H26F4N4O2. The molecule has 1 fully saturated rings. The number of nitrogens with one attached hydrogen (secondary N) is 2. The van der Waals surface area contributed by atoms with Crippen LogP contribution in [0.4, 0.5) is 22.4 Å². The third-order valence-corrected chi connectivity index (χ3v) is 4.13. The molecule has 1 amide bonds. The van der Waals surface area contributed by atoms with E-state index in [1.165, 1.54) is 0 Å². The van der Waals surface area contributed by atoms with Crippen LogP contribution in [0.1, 0.15) is 39.7 Å². The van der Waals surface area contributed by atoms with Gasteiger partial charge in [-0.25, -0.2) is 27.3 Å². The third-order valence-electron chi connectivity index (χ3n) is 4.13. The van der Waals surface area contributed by atoms with Crippen molar-refractivity contribution in [1.29, 1.82) is 0 Å². The number of amides is 1. The zero-order chi connectivity index (χ0) is 21.8. The minimum Gasteiger partial charge on any atom is -0.444 e. The number of benzene rings is 1. The fourth-order valence-electron chi connectivity index (χ4n) is 2.89. The summed E-state index contributed by atoms with van der Waals surface area (Å²) in [6.07, 6.45) is 0.0757. The van der Waals surface area contributed by atoms with E-state index in [2.05, 4.69) is 15.6 Å². The lowest BCUT2D eigenvalue weighted by atomic mass is 10.2. The van der Waals surface area contributed by atoms with Gasteiger partial charge in [-0.15, -0.1) is 0 Å². The molecule has 0 aliphatic carbocycles. The van der Waals surface area contributed by atoms with Gasteiger partial charge < -0.3 is 20.3 Å². The first-order chi connectivity index (χ1) is 13.5. The highest BCUT2D eigenvalue weighted by atomic mass is 19.2. The molecule has 1 aliphatic heterocycles. The average molecular weight is 418 g/mol. The normalized spacial score (nSPS) is 17.4. The first-order valence-electron chi connectivity index (χ1n) is 9.36. The van der Waals surface area contributed by atoms with Crippen LogP contribution in [0.3, 0.4) is 0 Å². The maximum Gasteiger partial charge on any atom is 0.407 e. The van der Waals surface area contributed by atoms with Gasteiger partial charge in [0, 0.05) is 25.7 Å². The van der Waals surface area contributed by atoms with Gasteiger partial charge in [0.1, 0.15) is 5.60 Å². The molecule has 0 radical (unpaired) electrons. The van der Waals surface area contributed by atoms with Crippen molar-refractivity contribution in [2.24, 2.45) is 4.99 Å². The molecule has 162 valence electrons. The molecule has 1 heterocycles. The van der Waals surface area contributed by atoms with Gasteiger partial charge in [-0.05, 0) is 34.1 Å². The summed E-state index contributed by atoms with van der Waals surface area (Å²) in [5, 5.41) is 5.74. The van der Waals surface area contributed by atoms with Crippen LogP contribution >= 0.6 is 0 Å². The second kappa shape index (κ2) is 9.32. The highest BCUT2D eigenvalue weighted by molar-refractivity contribution is 5.80. The van der Waals surface area contributed by atoms with Crippen molar-refractivity contribution in [1.82, 2.24) is 15.5 Å². The molecule has 0 bridgehead atoms. The first kappa shape index (κ1) is 22.8. The van der Waals surface area contributed by atoms with E-state index in [1.807, 2.05) is 6.92 Å². The number of halogens is 4. The molecule has 1 aromatic rings. The van der Waals surface area contributed by atoms with Gasteiger partial charge in [0.25, 0.3) is 0 Å². The fourth-order valence-corrected chi connectivity index (χ4v) is 2.89. The molecule has 1 aliphatic rings. The van der Waals surface area contributed by atoms with Gasteiger partial charge in [0.2, 0.25) is 0 Å². The number of likely N-dealkylation sites (tertiary alicyclic amines) is 1. The summed E-state index contributed by atoms with van der Waals surface area (Å²) in [5.41, 5.74) is -1.40. The number of carbonyl (C=O) groups is 1. The number of alkyl carbamates (subject to hydrolysis) is 1. The zero-order valence-corrected chi connectivity index (χ0v) is 16.9. The Balaban J connectivity index is 2.08. The summed E-state index contributed by atoms with van der Waals surface area (Å²) in [6.45, 7) is 7.91. The highest BCUT2D eigenvalue weighted by Crippen LogP contribution is 2.20. The van der Waals surface area contributed by atoms with Crippen LogP contribution in [-0.2, 0) is 11.3 Å². The van der Waals surface area contributed by atoms with E-state index >= 15 is 0 Å². The Morgan fingerprint density at radius 3 is 2.41 bits per heavy atom. The van der Waals surface area contributed by atoms with Gasteiger partial charge in [0.05, 0.1) is 18.2 Å². The van der Waals surface area contributed by atoms with Gasteiger partial charge in [-0.3, -0.25) is 0 Å². The van der Waals surface area contributed by atoms with E-state index in [0.717, 1.165) is 0 Å². The van der Waals surface area contributed by atoms with Gasteiger partial charge >= 0.3 is 6.09 Å². The van der Waals surface area contributed by atoms with Crippen molar-refractivity contribution in [3.8, 4) is 0 Å². The number of rotatable bonds is 4. The predicted octanol–water partition coefficient (Wildman–Crippen LogP) is 3.31. The van der Waals surface area contributed by atoms with Gasteiger partial charge in [-0.1, -0.05) is 0 Å². The predicted molar refractivity (Wildman–Crippen MR) is 100 cm³/mol. The monoisotopic (exact) mass is 418 g/mol. The number of guanidine groups is 1. The standard InChI is InChI=1S/C19H26F4N4O2/c1-5-24-17(25-9-12-15(22)13(20)8-14(21)16(12)23)27-7-6-11(10-27)26-18(28)29-19(2,3)4/h8,11H,5-7,9-10H2,1-4H3,(H,24,25)(H,26,28)/t11-/m1/s1. The van der Waals surface area contributed by atoms with Crippen LogP contribution in [0.15, 0.2) is 11.1 Å². The number of hydrogen-bond acceptors (Lipinski definition) is 3. The molecule has 0 aromatic heterocycles. The molecule has 2 rings (SSSR count). The Kier molecular flexibility index (Phi) is 7.32. The number of carbonyl (C=O) groups excluding carboxylic acids is 1. The second-order valence-electron chi connectivity index (χ2n) is 7.69. The topological polar surface area (TPSA) is 66.0 Å². The van der Waals surface area contributed by atoms with Crippen molar-refractivity contribution in [2.45, 2.75) is 52.3 Å². The van der Waals surface area contributed by atoms with Crippen molar-refractivity contribution >= 4 is 12.1 Å². The van der Waals surface area contributed by atoms with Crippen LogP contribution in [0, 0.1) is 23.3 Å². The van der Waals surface area contributed by atoms with E-state index in [1.54, 1.807) is 25.7 Å². The Hall–Kier alpha value is -2.52. The SMILES string of the molecule is CCNC(=NCc1c(F)c(F)cc(F)c1F)N1CC[C@@H](NC(=O)OC(C)(C)C)C1. The fraction of sp³-hybridized carbons (Fsp3) is 0.579. The Morgan fingerprint density at radius 1 is 1.24 bits per heavy atom. The highest BCUT2D eigenvalue weighted by Gasteiger charge is 2.28. The minimum absolute atomic E-state index is 0.163. The molecule has 2 N–H and O–H groups in total. The molecule has 0 unspecified atom stereocenters. The van der Waals surface area contributed by atoms with Crippen LogP contribution in [-0.4, -0.2) is 48.2 Å². The summed E-state index contributed by atoms with van der Waals surface area (Å²) in [5.74, 6) is -5.54. The molecule has 29 heavy (non-hydrogen) atoms. The summed E-state index contributed by atoms with van der Waals surface area (Å²) in [6, 6.07) is -0.0370. The van der Waals surface area contributed by atoms with E-state index < -0.39 is 47.1 Å². The maximum absolute atomic E-state index is 13.9. The lowest BCUT2D eigenvalue weighted by Crippen LogP contribution is -2.44. The molecule has 1 saturated heterocycles. The minimum atomic E-state index is -1.47. The Morgan fingerprint density at radius 2 is 1.86 bits per heavy atom. The van der Waals surface area contributed by atoms with Crippen molar-refractivity contribution in [3.05, 3.63) is 34.9 Å². The van der Waals surface area contributed by atoms with Crippen LogP contribution in [0.25, 0.3) is 0 Å². The second-order valence-corrected chi connectivity index (χ2v) is 7.69. The van der Waals surface area contributed by atoms with Gasteiger partial charge in [0.15, 0.2) is 29.2 Å². The van der Waals surface area contributed by atoms with Crippen LogP contribution < -0.4 is 10.6 Å². The van der Waals surface area contributed by atoms with Gasteiger partial charge in [-0.2, -0.15) is 0 Å². The molecule has 1 atom stereocenters. The molecule has 0 spiro atoms. The molecule has 10 heteroatoms. The largest absolute Gasteiger partial charge is 0.444 e. The summed E-state index contributed by atoms with van der Waals surface area (Å²) < 4.78 is 59.7. The Bertz CT molecular complexity index is 754. The number of aliphatic imine (C=N–C) groups is 1. The molecule has 1 aromatic carbocycles. The average Bonchev–Trinajstić information content (AvgIpc) is 3.05. The number of nitrogens with zero attached hydrogens (tertiary/aromatic N) is 2. The van der Waals surface area contributed by atoms with Crippen molar-refractivity contribution in [3.63, 3.8) is 0 Å². The smallest absolute Gasteiger partial charge is 0.407 e. The Labute approximate surface area is 167 Å².